The van der Waals surface area contributed by atoms with E-state index in [0.29, 0.717) is 13.1 Å². The van der Waals surface area contributed by atoms with Crippen molar-refractivity contribution in [3.05, 3.63) is 64.8 Å². The van der Waals surface area contributed by atoms with Gasteiger partial charge in [0.05, 0.1) is 10.9 Å². The first-order valence-electron chi connectivity index (χ1n) is 12.3. The van der Waals surface area contributed by atoms with Crippen LogP contribution >= 0.6 is 0 Å². The van der Waals surface area contributed by atoms with Crippen molar-refractivity contribution in [2.45, 2.75) is 69.5 Å². The van der Waals surface area contributed by atoms with Crippen LogP contribution in [0.15, 0.2) is 47.4 Å². The zero-order valence-electron chi connectivity index (χ0n) is 20.0. The Morgan fingerprint density at radius 1 is 0.943 bits per heavy atom. The molecule has 7 nitrogen and oxygen atoms in total. The van der Waals surface area contributed by atoms with E-state index in [4.69, 9.17) is 0 Å². The number of hydrogen-bond acceptors (Lipinski definition) is 4. The van der Waals surface area contributed by atoms with E-state index in [1.807, 2.05) is 11.8 Å². The number of carbonyl (C=O) groups excluding carboxylic acids is 2. The van der Waals surface area contributed by atoms with Gasteiger partial charge < -0.3 is 9.47 Å². The fourth-order valence-corrected chi connectivity index (χ4v) is 7.78. The fraction of sp³-hybridized carbons (Fsp3) is 0.407. The summed E-state index contributed by atoms with van der Waals surface area (Å²) in [6, 6.07) is 11.9. The summed E-state index contributed by atoms with van der Waals surface area (Å²) in [5, 5.41) is 1.26. The first-order valence-corrected chi connectivity index (χ1v) is 13.8. The molecule has 3 aromatic rings. The molecule has 0 unspecified atom stereocenters. The van der Waals surface area contributed by atoms with Gasteiger partial charge in [0.2, 0.25) is 11.8 Å². The highest BCUT2D eigenvalue weighted by molar-refractivity contribution is 7.89. The molecule has 35 heavy (non-hydrogen) atoms. The van der Waals surface area contributed by atoms with Crippen LogP contribution in [0.25, 0.3) is 10.9 Å². The molecule has 0 spiro atoms. The van der Waals surface area contributed by atoms with Crippen LogP contribution in [0, 0.1) is 13.8 Å². The molecule has 2 aliphatic heterocycles. The summed E-state index contributed by atoms with van der Waals surface area (Å²) in [5.74, 6) is -0.757. The predicted octanol–water partition coefficient (Wildman–Crippen LogP) is 3.86. The van der Waals surface area contributed by atoms with Gasteiger partial charge in [0.15, 0.2) is 0 Å². The second kappa shape index (κ2) is 7.95. The van der Waals surface area contributed by atoms with Crippen LogP contribution in [0.5, 0.6) is 0 Å². The average Bonchev–Trinajstić information content (AvgIpc) is 3.39. The molecule has 1 aliphatic carbocycles. The number of nitrogens with zero attached hydrogens (tertiary/aromatic N) is 3. The minimum atomic E-state index is -4.11. The normalized spacial score (nSPS) is 22.1. The Morgan fingerprint density at radius 3 is 2.46 bits per heavy atom. The Balaban J connectivity index is 1.37. The Morgan fingerprint density at radius 2 is 1.69 bits per heavy atom. The molecule has 182 valence electrons. The lowest BCUT2D eigenvalue weighted by atomic mass is 9.89. The van der Waals surface area contributed by atoms with Crippen molar-refractivity contribution in [3.8, 4) is 0 Å². The summed E-state index contributed by atoms with van der Waals surface area (Å²) in [4.78, 5) is 28.6. The van der Waals surface area contributed by atoms with Crippen LogP contribution in [0.3, 0.4) is 0 Å². The highest BCUT2D eigenvalue weighted by atomic mass is 32.2. The summed E-state index contributed by atoms with van der Waals surface area (Å²) in [6.07, 6.45) is 3.09. The van der Waals surface area contributed by atoms with E-state index in [9.17, 15) is 18.0 Å². The molecule has 2 amide bonds. The minimum Gasteiger partial charge on any atom is -0.341 e. The van der Waals surface area contributed by atoms with Crippen LogP contribution in [-0.2, 0) is 32.6 Å². The quantitative estimate of drug-likeness (QED) is 0.557. The summed E-state index contributed by atoms with van der Waals surface area (Å²) in [7, 11) is -4.11. The number of carbonyl (C=O) groups is 2. The number of fused-ring (bicyclic) bond motifs is 3. The second-order valence-electron chi connectivity index (χ2n) is 10.0. The van der Waals surface area contributed by atoms with Gasteiger partial charge in [-0.25, -0.2) is 12.7 Å². The highest BCUT2D eigenvalue weighted by Crippen LogP contribution is 2.43. The fourth-order valence-electron chi connectivity index (χ4n) is 6.18. The zero-order valence-corrected chi connectivity index (χ0v) is 20.8. The van der Waals surface area contributed by atoms with Crippen LogP contribution in [0.4, 0.5) is 0 Å². The number of sulfonamides is 1. The third-order valence-corrected chi connectivity index (χ3v) is 9.68. The predicted molar refractivity (Wildman–Crippen MR) is 132 cm³/mol. The highest BCUT2D eigenvalue weighted by Gasteiger charge is 2.48. The molecule has 1 saturated heterocycles. The number of aryl methyl sites for hydroxylation is 3. The van der Waals surface area contributed by atoms with E-state index in [1.54, 1.807) is 12.1 Å². The number of amides is 2. The molecule has 2 atom stereocenters. The SMILES string of the molecule is Cc1ccc(S(=O)(=O)N2C(=O)CC[C@H]2C(=O)N2CCn3c4c(c5cc(C)ccc53)CCC[C@H]42)cc1. The van der Waals surface area contributed by atoms with E-state index in [0.717, 1.165) is 29.1 Å². The summed E-state index contributed by atoms with van der Waals surface area (Å²) in [5.41, 5.74) is 5.85. The molecule has 8 heteroatoms. The summed E-state index contributed by atoms with van der Waals surface area (Å²) in [6.45, 7) is 5.15. The van der Waals surface area contributed by atoms with E-state index >= 15 is 0 Å². The molecular weight excluding hydrogens is 462 g/mol. The van der Waals surface area contributed by atoms with Crippen molar-refractivity contribution in [1.29, 1.82) is 0 Å². The summed E-state index contributed by atoms with van der Waals surface area (Å²) >= 11 is 0. The molecule has 0 saturated carbocycles. The van der Waals surface area contributed by atoms with Crippen LogP contribution in [0.1, 0.15) is 54.1 Å². The number of hydrogen-bond donors (Lipinski definition) is 0. The molecule has 0 N–H and O–H groups in total. The van der Waals surface area contributed by atoms with Gasteiger partial charge in [-0.2, -0.15) is 0 Å². The first kappa shape index (κ1) is 22.3. The van der Waals surface area contributed by atoms with Gasteiger partial charge in [-0.15, -0.1) is 0 Å². The maximum Gasteiger partial charge on any atom is 0.267 e. The number of aromatic nitrogens is 1. The largest absolute Gasteiger partial charge is 0.341 e. The van der Waals surface area contributed by atoms with Crippen molar-refractivity contribution < 1.29 is 18.0 Å². The first-order chi connectivity index (χ1) is 16.8. The zero-order chi connectivity index (χ0) is 24.5. The number of benzene rings is 2. The van der Waals surface area contributed by atoms with Crippen LogP contribution in [-0.4, -0.2) is 46.6 Å². The number of rotatable bonds is 3. The van der Waals surface area contributed by atoms with Crippen molar-refractivity contribution >= 4 is 32.7 Å². The lowest BCUT2D eigenvalue weighted by Gasteiger charge is -2.41. The van der Waals surface area contributed by atoms with Crippen molar-refractivity contribution in [3.63, 3.8) is 0 Å². The minimum absolute atomic E-state index is 0.0465. The standard InChI is InChI=1S/C27H29N3O4S/c1-17-6-9-19(10-7-17)35(33,34)30-24(12-13-25(30)31)27(32)29-15-14-28-22-11-8-18(2)16-21(22)20-4-3-5-23(29)26(20)28/h6-11,16,23-24H,3-5,12-15H2,1-2H3/t23-,24+/m1/s1. The van der Waals surface area contributed by atoms with Gasteiger partial charge in [0, 0.05) is 36.1 Å². The third kappa shape index (κ3) is 3.33. The second-order valence-corrected chi connectivity index (χ2v) is 11.9. The maximum atomic E-state index is 13.9. The maximum absolute atomic E-state index is 13.9. The van der Waals surface area contributed by atoms with E-state index in [-0.39, 0.29) is 29.7 Å². The Kier molecular flexibility index (Phi) is 5.07. The molecule has 0 radical (unpaired) electrons. The molecule has 3 aliphatic rings. The molecule has 3 heterocycles. The van der Waals surface area contributed by atoms with Gasteiger partial charge in [0.1, 0.15) is 6.04 Å². The monoisotopic (exact) mass is 491 g/mol. The Bertz CT molecular complexity index is 1470. The lowest BCUT2D eigenvalue weighted by molar-refractivity contribution is -0.141. The van der Waals surface area contributed by atoms with Gasteiger partial charge in [-0.3, -0.25) is 9.59 Å². The molecule has 0 bridgehead atoms. The summed E-state index contributed by atoms with van der Waals surface area (Å²) < 4.78 is 30.1. The van der Waals surface area contributed by atoms with E-state index < -0.39 is 22.0 Å². The van der Waals surface area contributed by atoms with E-state index in [1.165, 1.54) is 39.9 Å². The van der Waals surface area contributed by atoms with Crippen molar-refractivity contribution in [2.75, 3.05) is 6.54 Å². The van der Waals surface area contributed by atoms with Gasteiger partial charge >= 0.3 is 0 Å². The molecule has 2 aromatic carbocycles. The van der Waals surface area contributed by atoms with Crippen molar-refractivity contribution in [2.24, 2.45) is 0 Å². The molecule has 1 aromatic heterocycles. The Labute approximate surface area is 205 Å². The third-order valence-electron chi connectivity index (χ3n) is 7.84. The van der Waals surface area contributed by atoms with Crippen molar-refractivity contribution in [1.82, 2.24) is 13.8 Å². The molecular formula is C27H29N3O4S. The van der Waals surface area contributed by atoms with Gasteiger partial charge in [-0.1, -0.05) is 29.3 Å². The average molecular weight is 492 g/mol. The van der Waals surface area contributed by atoms with Gasteiger partial charge in [-0.05, 0) is 69.4 Å². The topological polar surface area (TPSA) is 79.7 Å². The van der Waals surface area contributed by atoms with E-state index in [2.05, 4.69) is 29.7 Å². The molecule has 1 fully saturated rings. The van der Waals surface area contributed by atoms with Gasteiger partial charge in [0.25, 0.3) is 10.0 Å². The Hall–Kier alpha value is -3.13. The lowest BCUT2D eigenvalue weighted by Crippen LogP contribution is -2.52. The molecule has 6 rings (SSSR count). The smallest absolute Gasteiger partial charge is 0.267 e. The van der Waals surface area contributed by atoms with Crippen LogP contribution in [0.2, 0.25) is 0 Å². The van der Waals surface area contributed by atoms with Crippen LogP contribution < -0.4 is 0 Å².